The van der Waals surface area contributed by atoms with Gasteiger partial charge in [-0.3, -0.25) is 0 Å². The summed E-state index contributed by atoms with van der Waals surface area (Å²) in [4.78, 5) is 0.429. The van der Waals surface area contributed by atoms with Gasteiger partial charge in [-0.25, -0.2) is 13.1 Å². The van der Waals surface area contributed by atoms with Crippen LogP contribution in [-0.4, -0.2) is 19.4 Å². The molecule has 0 saturated heterocycles. The van der Waals surface area contributed by atoms with Gasteiger partial charge in [-0.15, -0.1) is 0 Å². The fourth-order valence-electron chi connectivity index (χ4n) is 1.75. The summed E-state index contributed by atoms with van der Waals surface area (Å²) in [6.07, 6.45) is 0. The first kappa shape index (κ1) is 16.1. The van der Waals surface area contributed by atoms with E-state index in [2.05, 4.69) is 4.72 Å². The average molecular weight is 300 g/mol. The molecule has 0 aliphatic carbocycles. The fraction of sp³-hybridized carbons (Fsp3) is 0.462. The SMILES string of the molecule is Cc1ccc(C)c(S(=O)(=O)NC(C(N)=S)C(C)C)c1. The van der Waals surface area contributed by atoms with Crippen molar-refractivity contribution in [2.75, 3.05) is 0 Å². The summed E-state index contributed by atoms with van der Waals surface area (Å²) in [5.41, 5.74) is 7.18. The lowest BCUT2D eigenvalue weighted by molar-refractivity contribution is 0.526. The molecule has 0 amide bonds. The van der Waals surface area contributed by atoms with Gasteiger partial charge in [-0.2, -0.15) is 0 Å². The standard InChI is InChI=1S/C13H20N2O2S2/c1-8(2)12(13(14)18)15-19(16,17)11-7-9(3)5-6-10(11)4/h5-8,12,15H,1-4H3,(H2,14,18). The van der Waals surface area contributed by atoms with Crippen LogP contribution < -0.4 is 10.5 Å². The Hall–Kier alpha value is -0.980. The summed E-state index contributed by atoms with van der Waals surface area (Å²) in [5, 5.41) is 0. The highest BCUT2D eigenvalue weighted by molar-refractivity contribution is 7.89. The Morgan fingerprint density at radius 3 is 2.37 bits per heavy atom. The molecule has 0 radical (unpaired) electrons. The fourth-order valence-corrected chi connectivity index (χ4v) is 3.85. The minimum absolute atomic E-state index is 0.00242. The number of hydrogen-bond donors (Lipinski definition) is 2. The molecule has 19 heavy (non-hydrogen) atoms. The Labute approximate surface area is 120 Å². The van der Waals surface area contributed by atoms with Crippen LogP contribution in [-0.2, 0) is 10.0 Å². The van der Waals surface area contributed by atoms with E-state index in [9.17, 15) is 8.42 Å². The maximum atomic E-state index is 12.4. The Morgan fingerprint density at radius 1 is 1.32 bits per heavy atom. The quantitative estimate of drug-likeness (QED) is 0.815. The summed E-state index contributed by atoms with van der Waals surface area (Å²) in [7, 11) is -3.62. The average Bonchev–Trinajstić information content (AvgIpc) is 2.28. The van der Waals surface area contributed by atoms with E-state index in [1.54, 1.807) is 19.1 Å². The van der Waals surface area contributed by atoms with E-state index < -0.39 is 16.1 Å². The largest absolute Gasteiger partial charge is 0.392 e. The maximum Gasteiger partial charge on any atom is 0.241 e. The highest BCUT2D eigenvalue weighted by Gasteiger charge is 2.25. The molecule has 1 rings (SSSR count). The normalized spacial score (nSPS) is 13.5. The molecule has 4 nitrogen and oxygen atoms in total. The number of nitrogens with one attached hydrogen (secondary N) is 1. The third-order valence-corrected chi connectivity index (χ3v) is 4.73. The Balaban J connectivity index is 3.17. The molecule has 106 valence electrons. The van der Waals surface area contributed by atoms with Gasteiger partial charge in [0.2, 0.25) is 10.0 Å². The van der Waals surface area contributed by atoms with Crippen LogP contribution in [0.3, 0.4) is 0 Å². The predicted octanol–water partition coefficient (Wildman–Crippen LogP) is 1.89. The van der Waals surface area contributed by atoms with Gasteiger partial charge in [0, 0.05) is 0 Å². The molecule has 3 N–H and O–H groups in total. The zero-order chi connectivity index (χ0) is 14.8. The molecule has 0 aliphatic rings. The van der Waals surface area contributed by atoms with Crippen molar-refractivity contribution in [3.05, 3.63) is 29.3 Å². The topological polar surface area (TPSA) is 72.2 Å². The van der Waals surface area contributed by atoms with Gasteiger partial charge in [0.15, 0.2) is 0 Å². The monoisotopic (exact) mass is 300 g/mol. The molecular weight excluding hydrogens is 280 g/mol. The van der Waals surface area contributed by atoms with E-state index in [-0.39, 0.29) is 15.8 Å². The summed E-state index contributed by atoms with van der Waals surface area (Å²) < 4.78 is 27.4. The minimum Gasteiger partial charge on any atom is -0.392 e. The van der Waals surface area contributed by atoms with E-state index in [1.807, 2.05) is 26.8 Å². The molecule has 0 fully saturated rings. The lowest BCUT2D eigenvalue weighted by Gasteiger charge is -2.21. The van der Waals surface area contributed by atoms with Crippen molar-refractivity contribution in [1.82, 2.24) is 4.72 Å². The van der Waals surface area contributed by atoms with Crippen molar-refractivity contribution in [2.45, 2.75) is 38.6 Å². The second-order valence-corrected chi connectivity index (χ2v) is 7.17. The van der Waals surface area contributed by atoms with E-state index in [0.717, 1.165) is 5.56 Å². The van der Waals surface area contributed by atoms with Gasteiger partial charge in [-0.05, 0) is 37.0 Å². The van der Waals surface area contributed by atoms with Crippen molar-refractivity contribution in [3.8, 4) is 0 Å². The summed E-state index contributed by atoms with van der Waals surface area (Å²) in [5.74, 6) is -0.00242. The zero-order valence-electron chi connectivity index (χ0n) is 11.6. The summed E-state index contributed by atoms with van der Waals surface area (Å²) in [6.45, 7) is 7.36. The minimum atomic E-state index is -3.62. The third-order valence-electron chi connectivity index (χ3n) is 2.89. The Kier molecular flexibility index (Phi) is 5.06. The lowest BCUT2D eigenvalue weighted by Crippen LogP contribution is -2.46. The number of benzene rings is 1. The van der Waals surface area contributed by atoms with Crippen molar-refractivity contribution in [1.29, 1.82) is 0 Å². The molecule has 6 heteroatoms. The van der Waals surface area contributed by atoms with Crippen LogP contribution in [0.2, 0.25) is 0 Å². The van der Waals surface area contributed by atoms with Gasteiger partial charge in [0.25, 0.3) is 0 Å². The van der Waals surface area contributed by atoms with Crippen molar-refractivity contribution < 1.29 is 8.42 Å². The van der Waals surface area contributed by atoms with Crippen LogP contribution in [0.15, 0.2) is 23.1 Å². The number of rotatable bonds is 5. The molecule has 0 aromatic heterocycles. The van der Waals surface area contributed by atoms with Gasteiger partial charge >= 0.3 is 0 Å². The first-order chi connectivity index (χ1) is 8.65. The van der Waals surface area contributed by atoms with E-state index in [4.69, 9.17) is 18.0 Å². The van der Waals surface area contributed by atoms with Gasteiger partial charge in [0.1, 0.15) is 0 Å². The molecule has 1 atom stereocenters. The maximum absolute atomic E-state index is 12.4. The lowest BCUT2D eigenvalue weighted by atomic mass is 10.1. The van der Waals surface area contributed by atoms with Crippen LogP contribution in [0.5, 0.6) is 0 Å². The smallest absolute Gasteiger partial charge is 0.241 e. The number of nitrogens with two attached hydrogens (primary N) is 1. The van der Waals surface area contributed by atoms with Crippen molar-refractivity contribution in [3.63, 3.8) is 0 Å². The van der Waals surface area contributed by atoms with Crippen molar-refractivity contribution >= 4 is 27.2 Å². The number of hydrogen-bond acceptors (Lipinski definition) is 3. The molecule has 0 spiro atoms. The highest BCUT2D eigenvalue weighted by atomic mass is 32.2. The summed E-state index contributed by atoms with van der Waals surface area (Å²) in [6, 6.07) is 4.77. The molecule has 0 bridgehead atoms. The predicted molar refractivity (Wildman–Crippen MR) is 81.6 cm³/mol. The second kappa shape index (κ2) is 5.98. The molecule has 1 unspecified atom stereocenters. The highest BCUT2D eigenvalue weighted by Crippen LogP contribution is 2.18. The first-order valence-electron chi connectivity index (χ1n) is 6.04. The Morgan fingerprint density at radius 2 is 1.89 bits per heavy atom. The van der Waals surface area contributed by atoms with E-state index in [0.29, 0.717) is 5.56 Å². The van der Waals surface area contributed by atoms with Gasteiger partial charge < -0.3 is 5.73 Å². The van der Waals surface area contributed by atoms with Crippen LogP contribution in [0.25, 0.3) is 0 Å². The number of sulfonamides is 1. The molecule has 0 aliphatic heterocycles. The molecule has 1 aromatic rings. The second-order valence-electron chi connectivity index (χ2n) is 5.01. The summed E-state index contributed by atoms with van der Waals surface area (Å²) >= 11 is 4.92. The van der Waals surface area contributed by atoms with Crippen LogP contribution in [0.1, 0.15) is 25.0 Å². The first-order valence-corrected chi connectivity index (χ1v) is 7.93. The van der Waals surface area contributed by atoms with Gasteiger partial charge in [-0.1, -0.05) is 38.2 Å². The van der Waals surface area contributed by atoms with E-state index >= 15 is 0 Å². The van der Waals surface area contributed by atoms with Crippen LogP contribution >= 0.6 is 12.2 Å². The van der Waals surface area contributed by atoms with Crippen LogP contribution in [0.4, 0.5) is 0 Å². The van der Waals surface area contributed by atoms with Crippen LogP contribution in [0, 0.1) is 19.8 Å². The zero-order valence-corrected chi connectivity index (χ0v) is 13.2. The molecule has 0 heterocycles. The van der Waals surface area contributed by atoms with Crippen molar-refractivity contribution in [2.24, 2.45) is 11.7 Å². The molecule has 0 saturated carbocycles. The Bertz CT molecular complexity index is 580. The number of aryl methyl sites for hydroxylation is 2. The third kappa shape index (κ3) is 3.99. The molecule has 1 aromatic carbocycles. The van der Waals surface area contributed by atoms with E-state index in [1.165, 1.54) is 0 Å². The number of thiocarbonyl (C=S) groups is 1. The van der Waals surface area contributed by atoms with Gasteiger partial charge in [0.05, 0.1) is 15.9 Å². The molecular formula is C13H20N2O2S2.